The summed E-state index contributed by atoms with van der Waals surface area (Å²) in [5.74, 6) is 0.226. The van der Waals surface area contributed by atoms with E-state index in [9.17, 15) is 4.79 Å². The molecule has 1 aromatic rings. The van der Waals surface area contributed by atoms with Gasteiger partial charge in [0.05, 0.1) is 7.11 Å². The van der Waals surface area contributed by atoms with Crippen molar-refractivity contribution in [3.63, 3.8) is 0 Å². The fourth-order valence-electron chi connectivity index (χ4n) is 2.49. The largest absolute Gasteiger partial charge is 0.465 e. The van der Waals surface area contributed by atoms with Gasteiger partial charge in [0.2, 0.25) is 0 Å². The Labute approximate surface area is 113 Å². The summed E-state index contributed by atoms with van der Waals surface area (Å²) in [6.45, 7) is 1.98. The number of nitrogens with zero attached hydrogens (tertiary/aromatic N) is 4. The molecule has 0 aliphatic carbocycles. The topological polar surface area (TPSA) is 58.6 Å². The SMILES string of the molecule is COC(=O)c1cncnc1N(C)CC1CCCN1C. The van der Waals surface area contributed by atoms with Gasteiger partial charge in [-0.1, -0.05) is 0 Å². The van der Waals surface area contributed by atoms with Gasteiger partial charge < -0.3 is 14.5 Å². The van der Waals surface area contributed by atoms with Crippen molar-refractivity contribution in [1.82, 2.24) is 14.9 Å². The highest BCUT2D eigenvalue weighted by Gasteiger charge is 2.24. The molecule has 0 saturated carbocycles. The van der Waals surface area contributed by atoms with Crippen molar-refractivity contribution in [2.45, 2.75) is 18.9 Å². The van der Waals surface area contributed by atoms with Crippen molar-refractivity contribution >= 4 is 11.8 Å². The third-order valence-electron chi connectivity index (χ3n) is 3.61. The van der Waals surface area contributed by atoms with Crippen LogP contribution in [0.2, 0.25) is 0 Å². The van der Waals surface area contributed by atoms with Gasteiger partial charge >= 0.3 is 5.97 Å². The predicted octanol–water partition coefficient (Wildman–Crippen LogP) is 0.794. The Bertz CT molecular complexity index is 452. The summed E-state index contributed by atoms with van der Waals surface area (Å²) in [7, 11) is 5.44. The van der Waals surface area contributed by atoms with E-state index in [0.29, 0.717) is 17.4 Å². The molecule has 1 unspecified atom stereocenters. The lowest BCUT2D eigenvalue weighted by Gasteiger charge is -2.27. The number of carbonyl (C=O) groups is 1. The quantitative estimate of drug-likeness (QED) is 0.750. The maximum absolute atomic E-state index is 11.7. The number of aromatic nitrogens is 2. The van der Waals surface area contributed by atoms with Gasteiger partial charge in [-0.3, -0.25) is 0 Å². The van der Waals surface area contributed by atoms with Gasteiger partial charge in [0.1, 0.15) is 17.7 Å². The molecular formula is C13H20N4O2. The van der Waals surface area contributed by atoms with E-state index in [-0.39, 0.29) is 0 Å². The van der Waals surface area contributed by atoms with Crippen molar-refractivity contribution in [3.05, 3.63) is 18.1 Å². The van der Waals surface area contributed by atoms with Crippen LogP contribution in [0.5, 0.6) is 0 Å². The van der Waals surface area contributed by atoms with E-state index < -0.39 is 5.97 Å². The van der Waals surface area contributed by atoms with E-state index in [2.05, 4.69) is 21.9 Å². The van der Waals surface area contributed by atoms with Crippen LogP contribution in [0.25, 0.3) is 0 Å². The molecule has 0 N–H and O–H groups in total. The molecule has 2 rings (SSSR count). The van der Waals surface area contributed by atoms with Gasteiger partial charge in [-0.15, -0.1) is 0 Å². The molecule has 0 radical (unpaired) electrons. The maximum Gasteiger partial charge on any atom is 0.343 e. The van der Waals surface area contributed by atoms with Crippen LogP contribution in [0.1, 0.15) is 23.2 Å². The van der Waals surface area contributed by atoms with E-state index in [1.54, 1.807) is 0 Å². The molecule has 2 heterocycles. The summed E-state index contributed by atoms with van der Waals surface area (Å²) >= 11 is 0. The van der Waals surface area contributed by atoms with Crippen molar-refractivity contribution in [1.29, 1.82) is 0 Å². The summed E-state index contributed by atoms with van der Waals surface area (Å²) in [4.78, 5) is 24.1. The zero-order valence-corrected chi connectivity index (χ0v) is 11.7. The second-order valence-corrected chi connectivity index (χ2v) is 4.91. The Balaban J connectivity index is 2.14. The average molecular weight is 264 g/mol. The number of hydrogen-bond acceptors (Lipinski definition) is 6. The van der Waals surface area contributed by atoms with Crippen LogP contribution in [0, 0.1) is 0 Å². The molecule has 104 valence electrons. The molecule has 19 heavy (non-hydrogen) atoms. The zero-order chi connectivity index (χ0) is 13.8. The number of rotatable bonds is 4. The molecule has 1 aromatic heterocycles. The molecule has 0 aromatic carbocycles. The highest BCUT2D eigenvalue weighted by molar-refractivity contribution is 5.94. The number of anilines is 1. The summed E-state index contributed by atoms with van der Waals surface area (Å²) in [5.41, 5.74) is 0.410. The molecular weight excluding hydrogens is 244 g/mol. The first-order valence-corrected chi connectivity index (χ1v) is 6.43. The van der Waals surface area contributed by atoms with Crippen molar-refractivity contribution in [2.75, 3.05) is 39.2 Å². The third-order valence-corrected chi connectivity index (χ3v) is 3.61. The minimum Gasteiger partial charge on any atom is -0.465 e. The van der Waals surface area contributed by atoms with Crippen LogP contribution in [0.15, 0.2) is 12.5 Å². The fourth-order valence-corrected chi connectivity index (χ4v) is 2.49. The van der Waals surface area contributed by atoms with Crippen molar-refractivity contribution in [3.8, 4) is 0 Å². The normalized spacial score (nSPS) is 19.4. The molecule has 1 atom stereocenters. The van der Waals surface area contributed by atoms with Crippen LogP contribution < -0.4 is 4.90 Å². The zero-order valence-electron chi connectivity index (χ0n) is 11.7. The summed E-state index contributed by atoms with van der Waals surface area (Å²) < 4.78 is 4.76. The number of hydrogen-bond donors (Lipinski definition) is 0. The van der Waals surface area contributed by atoms with Crippen molar-refractivity contribution < 1.29 is 9.53 Å². The minimum atomic E-state index is -0.401. The lowest BCUT2D eigenvalue weighted by atomic mass is 10.2. The maximum atomic E-state index is 11.7. The number of esters is 1. The fraction of sp³-hybridized carbons (Fsp3) is 0.615. The Morgan fingerprint density at radius 1 is 1.63 bits per heavy atom. The van der Waals surface area contributed by atoms with Gasteiger partial charge in [-0.05, 0) is 26.4 Å². The number of carbonyl (C=O) groups excluding carboxylic acids is 1. The minimum absolute atomic E-state index is 0.401. The van der Waals surface area contributed by atoms with Crippen LogP contribution in [-0.4, -0.2) is 61.2 Å². The van der Waals surface area contributed by atoms with E-state index >= 15 is 0 Å². The van der Waals surface area contributed by atoms with Crippen LogP contribution >= 0.6 is 0 Å². The first-order valence-electron chi connectivity index (χ1n) is 6.43. The number of likely N-dealkylation sites (N-methyl/N-ethyl adjacent to an activating group) is 2. The number of methoxy groups -OCH3 is 1. The Kier molecular flexibility index (Phi) is 4.31. The average Bonchev–Trinajstić information content (AvgIpc) is 2.83. The second-order valence-electron chi connectivity index (χ2n) is 4.91. The molecule has 6 nitrogen and oxygen atoms in total. The highest BCUT2D eigenvalue weighted by Crippen LogP contribution is 2.20. The molecule has 6 heteroatoms. The van der Waals surface area contributed by atoms with Crippen molar-refractivity contribution in [2.24, 2.45) is 0 Å². The number of ether oxygens (including phenoxy) is 1. The molecule has 1 aliphatic rings. The summed E-state index contributed by atoms with van der Waals surface area (Å²) in [6, 6.07) is 0.505. The lowest BCUT2D eigenvalue weighted by molar-refractivity contribution is 0.0600. The van der Waals surface area contributed by atoms with Gasteiger partial charge in [-0.2, -0.15) is 0 Å². The number of likely N-dealkylation sites (tertiary alicyclic amines) is 1. The van der Waals surface area contributed by atoms with E-state index in [1.807, 2.05) is 11.9 Å². The molecule has 0 bridgehead atoms. The summed E-state index contributed by atoms with van der Waals surface area (Å²) in [6.07, 6.45) is 5.36. The Hall–Kier alpha value is -1.69. The monoisotopic (exact) mass is 264 g/mol. The molecule has 0 amide bonds. The third kappa shape index (κ3) is 3.01. The Morgan fingerprint density at radius 2 is 2.42 bits per heavy atom. The van der Waals surface area contributed by atoms with Crippen LogP contribution in [-0.2, 0) is 4.74 Å². The van der Waals surface area contributed by atoms with E-state index in [1.165, 1.54) is 32.5 Å². The van der Waals surface area contributed by atoms with Gasteiger partial charge in [-0.25, -0.2) is 14.8 Å². The van der Waals surface area contributed by atoms with Gasteiger partial charge in [0.15, 0.2) is 0 Å². The first-order chi connectivity index (χ1) is 9.13. The van der Waals surface area contributed by atoms with E-state index in [4.69, 9.17) is 4.74 Å². The van der Waals surface area contributed by atoms with Gasteiger partial charge in [0, 0.05) is 25.8 Å². The first kappa shape index (κ1) is 13.7. The predicted molar refractivity (Wildman–Crippen MR) is 72.3 cm³/mol. The highest BCUT2D eigenvalue weighted by atomic mass is 16.5. The van der Waals surface area contributed by atoms with Crippen LogP contribution in [0.3, 0.4) is 0 Å². The molecule has 0 spiro atoms. The van der Waals surface area contributed by atoms with Gasteiger partial charge in [0.25, 0.3) is 0 Å². The standard InChI is InChI=1S/C13H20N4O2/c1-16-6-4-5-10(16)8-17(2)12-11(13(18)19-3)7-14-9-15-12/h7,9-10H,4-6,8H2,1-3H3. The molecule has 1 saturated heterocycles. The Morgan fingerprint density at radius 3 is 3.05 bits per heavy atom. The molecule has 1 aliphatic heterocycles. The van der Waals surface area contributed by atoms with Crippen LogP contribution in [0.4, 0.5) is 5.82 Å². The van der Waals surface area contributed by atoms with E-state index in [0.717, 1.165) is 13.1 Å². The molecule has 1 fully saturated rings. The summed E-state index contributed by atoms with van der Waals surface area (Å²) in [5, 5.41) is 0. The second kappa shape index (κ2) is 5.97. The lowest BCUT2D eigenvalue weighted by Crippen LogP contribution is -2.37. The smallest absolute Gasteiger partial charge is 0.343 e.